The Morgan fingerprint density at radius 2 is 1.18 bits per heavy atom. The lowest BCUT2D eigenvalue weighted by atomic mass is 10.1. The molecule has 0 bridgehead atoms. The van der Waals surface area contributed by atoms with Crippen LogP contribution in [-0.2, 0) is 48.7 Å². The number of rotatable bonds is 14. The van der Waals surface area contributed by atoms with Crippen molar-refractivity contribution in [2.45, 2.75) is 73.9 Å². The molecule has 28 nitrogen and oxygen atoms in total. The Balaban J connectivity index is 0.904. The van der Waals surface area contributed by atoms with Crippen molar-refractivity contribution in [1.82, 2.24) is 58.6 Å². The number of aliphatic hydroxyl groups excluding tert-OH is 4. The van der Waals surface area contributed by atoms with Gasteiger partial charge < -0.3 is 61.3 Å². The summed E-state index contributed by atoms with van der Waals surface area (Å²) in [5.74, 6) is 0.230. The molecule has 3 aliphatic heterocycles. The third kappa shape index (κ3) is 7.99. The highest BCUT2D eigenvalue weighted by molar-refractivity contribution is 8.44. The normalized spacial score (nSPS) is 31.0. The average molecular weight is 942 g/mol. The molecule has 3 saturated heterocycles. The van der Waals surface area contributed by atoms with E-state index in [4.69, 9.17) is 61.3 Å². The second kappa shape index (κ2) is 16.7. The molecule has 0 spiro atoms. The van der Waals surface area contributed by atoms with E-state index in [1.807, 2.05) is 0 Å². The molecule has 6 aromatic heterocycles. The van der Waals surface area contributed by atoms with E-state index in [1.165, 1.54) is 51.7 Å². The Kier molecular flexibility index (Phi) is 11.6. The smallest absolute Gasteiger partial charge is 0.386 e. The number of ether oxygens (including phenoxy) is 3. The van der Waals surface area contributed by atoms with Gasteiger partial charge in [-0.25, -0.2) is 49.4 Å². The molecular weight excluding hydrogens is 905 g/mol. The van der Waals surface area contributed by atoms with Gasteiger partial charge in [-0.2, -0.15) is 0 Å². The highest BCUT2D eigenvalue weighted by Crippen LogP contribution is 2.57. The van der Waals surface area contributed by atoms with Gasteiger partial charge in [0.15, 0.2) is 53.1 Å². The minimum atomic E-state index is -4.39. The van der Waals surface area contributed by atoms with Crippen LogP contribution < -0.4 is 17.2 Å². The molecular formula is C30H37N15O13P2S2. The first-order chi connectivity index (χ1) is 29.6. The number of thiol groups is 1. The van der Waals surface area contributed by atoms with Gasteiger partial charge in [-0.3, -0.25) is 27.3 Å². The summed E-state index contributed by atoms with van der Waals surface area (Å²) in [5, 5.41) is 43.4. The summed E-state index contributed by atoms with van der Waals surface area (Å²) in [6.07, 6.45) is -6.61. The fourth-order valence-corrected chi connectivity index (χ4v) is 10.3. The van der Waals surface area contributed by atoms with Crippen LogP contribution in [0.3, 0.4) is 0 Å². The molecule has 13 atom stereocenters. The van der Waals surface area contributed by atoms with Gasteiger partial charge in [0.25, 0.3) is 0 Å². The highest BCUT2D eigenvalue weighted by Gasteiger charge is 2.51. The van der Waals surface area contributed by atoms with Crippen LogP contribution in [0.25, 0.3) is 33.5 Å². The van der Waals surface area contributed by atoms with Gasteiger partial charge in [0.1, 0.15) is 78.3 Å². The van der Waals surface area contributed by atoms with Gasteiger partial charge >= 0.3 is 13.5 Å². The second-order valence-electron chi connectivity index (χ2n) is 14.2. The zero-order valence-electron chi connectivity index (χ0n) is 31.5. The van der Waals surface area contributed by atoms with Gasteiger partial charge in [0.05, 0.1) is 44.9 Å². The largest absolute Gasteiger partial charge is 0.394 e. The molecule has 0 radical (unpaired) electrons. The van der Waals surface area contributed by atoms with Crippen LogP contribution in [0, 0.1) is 0 Å². The molecule has 0 saturated carbocycles. The van der Waals surface area contributed by atoms with Gasteiger partial charge in [0.2, 0.25) is 0 Å². The number of hydrogen-bond donors (Lipinski definition) is 9. The number of fused-ring (bicyclic) bond motifs is 3. The summed E-state index contributed by atoms with van der Waals surface area (Å²) < 4.78 is 59.0. The van der Waals surface area contributed by atoms with E-state index in [0.717, 1.165) is 0 Å². The molecule has 9 rings (SSSR count). The zero-order chi connectivity index (χ0) is 43.7. The van der Waals surface area contributed by atoms with E-state index >= 15 is 0 Å². The van der Waals surface area contributed by atoms with Gasteiger partial charge in [-0.1, -0.05) is 12.2 Å². The third-order valence-electron chi connectivity index (χ3n) is 10.3. The van der Waals surface area contributed by atoms with Crippen LogP contribution in [0.2, 0.25) is 0 Å². The van der Waals surface area contributed by atoms with Crippen molar-refractivity contribution in [2.24, 2.45) is 0 Å². The van der Waals surface area contributed by atoms with Crippen LogP contribution in [0.1, 0.15) is 25.1 Å². The van der Waals surface area contributed by atoms with Crippen LogP contribution in [0.5, 0.6) is 0 Å². The molecule has 9 heterocycles. The van der Waals surface area contributed by atoms with E-state index < -0.39 is 101 Å². The summed E-state index contributed by atoms with van der Waals surface area (Å²) in [5.41, 5.74) is 19.2. The Morgan fingerprint density at radius 1 is 0.694 bits per heavy atom. The Labute approximate surface area is 357 Å². The molecule has 3 aliphatic rings. The number of nitrogens with zero attached hydrogens (tertiary/aromatic N) is 12. The topological polar surface area (TPSA) is 392 Å². The molecule has 62 heavy (non-hydrogen) atoms. The van der Waals surface area contributed by atoms with Crippen molar-refractivity contribution in [3.63, 3.8) is 0 Å². The number of aliphatic hydroxyl groups is 4. The van der Waals surface area contributed by atoms with E-state index in [0.29, 0.717) is 0 Å². The van der Waals surface area contributed by atoms with Crippen LogP contribution >= 0.6 is 25.8 Å². The molecule has 6 aromatic rings. The number of aromatic nitrogens is 12. The van der Waals surface area contributed by atoms with Crippen molar-refractivity contribution in [2.75, 3.05) is 37.0 Å². The number of nitrogen functional groups attached to an aromatic ring is 3. The molecule has 0 amide bonds. The minimum Gasteiger partial charge on any atom is -0.394 e. The summed E-state index contributed by atoms with van der Waals surface area (Å²) >= 11 is 9.53. The lowest BCUT2D eigenvalue weighted by Gasteiger charge is -2.27. The van der Waals surface area contributed by atoms with Gasteiger partial charge in [0, 0.05) is 6.42 Å². The molecule has 11 N–H and O–H groups in total. The molecule has 32 heteroatoms. The van der Waals surface area contributed by atoms with Crippen molar-refractivity contribution in [3.8, 4) is 0 Å². The molecule has 0 aliphatic carbocycles. The Morgan fingerprint density at radius 3 is 1.73 bits per heavy atom. The van der Waals surface area contributed by atoms with Crippen LogP contribution in [0.4, 0.5) is 17.5 Å². The molecule has 332 valence electrons. The fourth-order valence-electron chi connectivity index (χ4n) is 7.35. The average Bonchev–Trinajstić information content (AvgIpc) is 4.10. The third-order valence-corrected chi connectivity index (χ3v) is 13.5. The number of anilines is 3. The van der Waals surface area contributed by atoms with Gasteiger partial charge in [-0.15, -0.1) is 0 Å². The number of imidazole rings is 3. The summed E-state index contributed by atoms with van der Waals surface area (Å²) in [6.45, 7) is -10.3. The van der Waals surface area contributed by atoms with Crippen molar-refractivity contribution in [1.29, 1.82) is 0 Å². The quantitative estimate of drug-likeness (QED) is 0.0442. The van der Waals surface area contributed by atoms with Crippen LogP contribution in [0.15, 0.2) is 38.0 Å². The van der Waals surface area contributed by atoms with E-state index in [-0.39, 0.29) is 57.4 Å². The lowest BCUT2D eigenvalue weighted by molar-refractivity contribution is -0.0580. The van der Waals surface area contributed by atoms with Crippen LogP contribution in [-0.4, -0.2) is 153 Å². The lowest BCUT2D eigenvalue weighted by Crippen LogP contribution is -2.36. The maximum atomic E-state index is 13.8. The summed E-state index contributed by atoms with van der Waals surface area (Å²) in [7, 11) is 0. The zero-order valence-corrected chi connectivity index (χ0v) is 35.0. The predicted octanol–water partition coefficient (Wildman–Crippen LogP) is -1.53. The predicted molar refractivity (Wildman–Crippen MR) is 215 cm³/mol. The van der Waals surface area contributed by atoms with Crippen molar-refractivity contribution >= 4 is 88.5 Å². The summed E-state index contributed by atoms with van der Waals surface area (Å²) in [6, 6.07) is 0. The molecule has 3 fully saturated rings. The number of nitrogens with two attached hydrogens (primary N) is 3. The Bertz CT molecular complexity index is 2720. The van der Waals surface area contributed by atoms with E-state index in [9.17, 15) is 29.9 Å². The first-order valence-corrected chi connectivity index (χ1v) is 23.6. The number of hydrogen-bond acceptors (Lipinski definition) is 25. The standard InChI is InChI=1S/C30H37N15O13P2S2/c31-22-15-25(37-5-34-22)43(8-40-15)28-12(1-11(2-46)54-28)57-59(50,61)52-4-14-19(48)21(30(56-14)45-10-42-17-24(33)36-7-39-27(17)45)58-60(51,62)53-3-13-18(47)20(49)29(55-13)44-9-41-16-23(32)35-6-38-26(16)44/h5-14,18-21,28-30,46-49H,1-4H2,(H,50,61)(H,51,62)(H2,31,34,37)(H2,32,35,38)(H2,33,36,39)/t11-,12+,13+,14+,18+,19+,20+,21+,28+,29+,30+,59?,60?/m0/s1. The minimum absolute atomic E-state index is 0.0286. The SMILES string of the molecule is Nc1ncnc2c1ncn2[C@@H]1O[C@H](COP(O)(=S)O[C@@H]2[C@H](O)[C@@H](COP(=O)(S)O[C@@H]3C[C@@H](CO)O[C@H]3n3cnc4c(N)ncnc43)O[C@H]2n2cnc3c(N)ncnc32)[C@@H](O)[C@H]1O. The second-order valence-corrected chi connectivity index (χ2v) is 19.8. The van der Waals surface area contributed by atoms with Crippen molar-refractivity contribution in [3.05, 3.63) is 38.0 Å². The van der Waals surface area contributed by atoms with Crippen molar-refractivity contribution < 1.29 is 62.2 Å². The molecule has 2 unspecified atom stereocenters. The maximum absolute atomic E-state index is 13.8. The first kappa shape index (κ1) is 43.1. The van der Waals surface area contributed by atoms with E-state index in [1.54, 1.807) is 0 Å². The first-order valence-electron chi connectivity index (χ1n) is 18.3. The molecule has 0 aromatic carbocycles. The Hall–Kier alpha value is -4.20. The summed E-state index contributed by atoms with van der Waals surface area (Å²) in [4.78, 5) is 48.3. The highest BCUT2D eigenvalue weighted by atomic mass is 32.7. The van der Waals surface area contributed by atoms with Gasteiger partial charge in [-0.05, 0) is 11.8 Å². The monoisotopic (exact) mass is 941 g/mol. The fraction of sp³-hybridized carbons (Fsp3) is 0.500. The maximum Gasteiger partial charge on any atom is 0.386 e. The van der Waals surface area contributed by atoms with E-state index in [2.05, 4.69) is 57.1 Å².